The highest BCUT2D eigenvalue weighted by Crippen LogP contribution is 2.18. The van der Waals surface area contributed by atoms with E-state index in [1.165, 1.54) is 25.3 Å². The zero-order valence-electron chi connectivity index (χ0n) is 9.94. The fourth-order valence-corrected chi connectivity index (χ4v) is 1.46. The lowest BCUT2D eigenvalue weighted by molar-refractivity contribution is -0.149. The average Bonchev–Trinajstić information content (AvgIpc) is 2.25. The van der Waals surface area contributed by atoms with Crippen molar-refractivity contribution in [1.29, 1.82) is 0 Å². The second kappa shape index (κ2) is 5.68. The van der Waals surface area contributed by atoms with Gasteiger partial charge in [-0.2, -0.15) is 13.2 Å². The highest BCUT2D eigenvalue weighted by molar-refractivity contribution is 5.96. The molecule has 1 rings (SSSR count). The van der Waals surface area contributed by atoms with Gasteiger partial charge in [-0.05, 0) is 19.1 Å². The summed E-state index contributed by atoms with van der Waals surface area (Å²) < 4.78 is 37.0. The Labute approximate surface area is 106 Å². The molecule has 1 amide bonds. The first-order valence-corrected chi connectivity index (χ1v) is 5.20. The van der Waals surface area contributed by atoms with E-state index in [1.807, 2.05) is 0 Å². The third-order valence-corrected chi connectivity index (χ3v) is 2.22. The molecule has 0 unspecified atom stereocenters. The van der Waals surface area contributed by atoms with E-state index in [1.54, 1.807) is 0 Å². The SMILES string of the molecule is Cc1ncccc1C(=O)N(CC(=O)O)CC(F)(F)F. The Morgan fingerprint density at radius 1 is 1.42 bits per heavy atom. The van der Waals surface area contributed by atoms with Crippen molar-refractivity contribution in [2.45, 2.75) is 13.1 Å². The molecule has 0 aromatic carbocycles. The molecule has 0 atom stereocenters. The number of nitrogens with zero attached hydrogens (tertiary/aromatic N) is 2. The molecule has 0 saturated carbocycles. The molecule has 0 aliphatic carbocycles. The second-order valence-electron chi connectivity index (χ2n) is 3.81. The number of carboxylic acid groups (broad SMARTS) is 1. The van der Waals surface area contributed by atoms with Crippen LogP contribution in [0.3, 0.4) is 0 Å². The minimum atomic E-state index is -4.67. The second-order valence-corrected chi connectivity index (χ2v) is 3.81. The van der Waals surface area contributed by atoms with Crippen molar-refractivity contribution in [3.63, 3.8) is 0 Å². The smallest absolute Gasteiger partial charge is 0.406 e. The summed E-state index contributed by atoms with van der Waals surface area (Å²) in [6.45, 7) is -1.18. The first-order chi connectivity index (χ1) is 8.70. The van der Waals surface area contributed by atoms with Crippen molar-refractivity contribution >= 4 is 11.9 Å². The molecule has 1 N–H and O–H groups in total. The number of hydrogen-bond acceptors (Lipinski definition) is 3. The zero-order chi connectivity index (χ0) is 14.6. The number of aryl methyl sites for hydroxylation is 1. The van der Waals surface area contributed by atoms with Gasteiger partial charge < -0.3 is 10.0 Å². The number of aromatic nitrogens is 1. The highest BCUT2D eigenvalue weighted by Gasteiger charge is 2.34. The molecular formula is C11H11F3N2O3. The zero-order valence-corrected chi connectivity index (χ0v) is 9.94. The molecule has 0 bridgehead atoms. The predicted molar refractivity (Wildman–Crippen MR) is 58.6 cm³/mol. The fourth-order valence-electron chi connectivity index (χ4n) is 1.46. The number of hydrogen-bond donors (Lipinski definition) is 1. The topological polar surface area (TPSA) is 70.5 Å². The largest absolute Gasteiger partial charge is 0.480 e. The third kappa shape index (κ3) is 4.57. The van der Waals surface area contributed by atoms with Gasteiger partial charge in [0.2, 0.25) is 0 Å². The Kier molecular flexibility index (Phi) is 4.47. The van der Waals surface area contributed by atoms with E-state index >= 15 is 0 Å². The average molecular weight is 276 g/mol. The lowest BCUT2D eigenvalue weighted by Crippen LogP contribution is -2.42. The quantitative estimate of drug-likeness (QED) is 0.904. The van der Waals surface area contributed by atoms with Gasteiger partial charge in [0.15, 0.2) is 0 Å². The van der Waals surface area contributed by atoms with Crippen molar-refractivity contribution in [1.82, 2.24) is 9.88 Å². The van der Waals surface area contributed by atoms with Gasteiger partial charge in [0.1, 0.15) is 13.1 Å². The Balaban J connectivity index is 3.01. The predicted octanol–water partition coefficient (Wildman–Crippen LogP) is 1.48. The molecule has 19 heavy (non-hydrogen) atoms. The van der Waals surface area contributed by atoms with Crippen molar-refractivity contribution in [3.05, 3.63) is 29.6 Å². The molecule has 8 heteroatoms. The van der Waals surface area contributed by atoms with Crippen LogP contribution in [0.4, 0.5) is 13.2 Å². The van der Waals surface area contributed by atoms with Gasteiger partial charge in [-0.15, -0.1) is 0 Å². The molecule has 0 saturated heterocycles. The Morgan fingerprint density at radius 3 is 2.53 bits per heavy atom. The molecule has 1 heterocycles. The van der Waals surface area contributed by atoms with Crippen molar-refractivity contribution in [2.24, 2.45) is 0 Å². The molecular weight excluding hydrogens is 265 g/mol. The molecule has 0 aliphatic heterocycles. The molecule has 0 radical (unpaired) electrons. The number of alkyl halides is 3. The molecule has 1 aromatic heterocycles. The van der Waals surface area contributed by atoms with Crippen LogP contribution < -0.4 is 0 Å². The summed E-state index contributed by atoms with van der Waals surface area (Å²) in [5.74, 6) is -2.52. The van der Waals surface area contributed by atoms with Crippen LogP contribution in [0.1, 0.15) is 16.1 Å². The first kappa shape index (κ1) is 14.9. The number of amides is 1. The van der Waals surface area contributed by atoms with Crippen molar-refractivity contribution < 1.29 is 27.9 Å². The molecule has 0 aliphatic rings. The highest BCUT2D eigenvalue weighted by atomic mass is 19.4. The van der Waals surface area contributed by atoms with E-state index in [-0.39, 0.29) is 16.2 Å². The lowest BCUT2D eigenvalue weighted by atomic mass is 10.2. The summed E-state index contributed by atoms with van der Waals surface area (Å²) in [5, 5.41) is 8.57. The van der Waals surface area contributed by atoms with Crippen LogP contribution in [-0.2, 0) is 4.79 Å². The van der Waals surface area contributed by atoms with Gasteiger partial charge in [0, 0.05) is 11.9 Å². The normalized spacial score (nSPS) is 11.2. The number of aliphatic carboxylic acids is 1. The summed E-state index contributed by atoms with van der Waals surface area (Å²) in [6, 6.07) is 2.70. The van der Waals surface area contributed by atoms with E-state index < -0.39 is 31.1 Å². The molecule has 1 aromatic rings. The van der Waals surface area contributed by atoms with Crippen LogP contribution in [0.15, 0.2) is 18.3 Å². The number of pyridine rings is 1. The van der Waals surface area contributed by atoms with Crippen LogP contribution in [0.25, 0.3) is 0 Å². The molecule has 104 valence electrons. The molecule has 0 spiro atoms. The van der Waals surface area contributed by atoms with E-state index in [0.717, 1.165) is 0 Å². The Morgan fingerprint density at radius 2 is 2.05 bits per heavy atom. The van der Waals surface area contributed by atoms with E-state index in [4.69, 9.17) is 5.11 Å². The summed E-state index contributed by atoms with van der Waals surface area (Å²) in [7, 11) is 0. The van der Waals surface area contributed by atoms with Gasteiger partial charge in [-0.3, -0.25) is 14.6 Å². The summed E-state index contributed by atoms with van der Waals surface area (Å²) in [4.78, 5) is 26.5. The number of carboxylic acids is 1. The standard InChI is InChI=1S/C11H11F3N2O3/c1-7-8(3-2-4-15-7)10(19)16(5-9(17)18)6-11(12,13)14/h2-4H,5-6H2,1H3,(H,17,18). The Bertz CT molecular complexity index is 488. The van der Waals surface area contributed by atoms with Crippen molar-refractivity contribution in [2.75, 3.05) is 13.1 Å². The monoisotopic (exact) mass is 276 g/mol. The first-order valence-electron chi connectivity index (χ1n) is 5.20. The molecule has 5 nitrogen and oxygen atoms in total. The molecule has 0 fully saturated rings. The van der Waals surface area contributed by atoms with E-state index in [9.17, 15) is 22.8 Å². The van der Waals surface area contributed by atoms with Gasteiger partial charge in [-0.25, -0.2) is 0 Å². The third-order valence-electron chi connectivity index (χ3n) is 2.22. The number of halogens is 3. The maximum absolute atomic E-state index is 12.3. The van der Waals surface area contributed by atoms with E-state index in [0.29, 0.717) is 0 Å². The van der Waals surface area contributed by atoms with Crippen LogP contribution in [-0.4, -0.2) is 46.1 Å². The summed E-state index contributed by atoms with van der Waals surface area (Å²) in [6.07, 6.45) is -3.28. The fraction of sp³-hybridized carbons (Fsp3) is 0.364. The van der Waals surface area contributed by atoms with Gasteiger partial charge in [0.05, 0.1) is 5.56 Å². The number of rotatable bonds is 4. The number of carbonyl (C=O) groups is 2. The van der Waals surface area contributed by atoms with E-state index in [2.05, 4.69) is 4.98 Å². The number of carbonyl (C=O) groups excluding carboxylic acids is 1. The van der Waals surface area contributed by atoms with Crippen LogP contribution in [0, 0.1) is 6.92 Å². The maximum atomic E-state index is 12.3. The summed E-state index contributed by atoms with van der Waals surface area (Å²) in [5.41, 5.74) is 0.193. The van der Waals surface area contributed by atoms with Crippen molar-refractivity contribution in [3.8, 4) is 0 Å². The summed E-state index contributed by atoms with van der Waals surface area (Å²) >= 11 is 0. The van der Waals surface area contributed by atoms with Crippen LogP contribution in [0.5, 0.6) is 0 Å². The van der Waals surface area contributed by atoms with Gasteiger partial charge in [-0.1, -0.05) is 0 Å². The lowest BCUT2D eigenvalue weighted by Gasteiger charge is -2.22. The van der Waals surface area contributed by atoms with Gasteiger partial charge >= 0.3 is 12.1 Å². The Hall–Kier alpha value is -2.12. The van der Waals surface area contributed by atoms with Crippen LogP contribution >= 0.6 is 0 Å². The maximum Gasteiger partial charge on any atom is 0.406 e. The van der Waals surface area contributed by atoms with Crippen LogP contribution in [0.2, 0.25) is 0 Å². The minimum Gasteiger partial charge on any atom is -0.480 e. The van der Waals surface area contributed by atoms with Gasteiger partial charge in [0.25, 0.3) is 5.91 Å². The minimum absolute atomic E-state index is 0.0481.